The Morgan fingerprint density at radius 3 is 2.47 bits per heavy atom. The quantitative estimate of drug-likeness (QED) is 0.796. The van der Waals surface area contributed by atoms with Crippen LogP contribution in [0.25, 0.3) is 0 Å². The SMILES string of the molecule is C[C@]1(O)CCC[C@@H]([Si](C)(C)c2ccccc2)C1. The molecule has 94 valence electrons. The molecule has 0 heterocycles. The van der Waals surface area contributed by atoms with Crippen LogP contribution in [-0.2, 0) is 0 Å². The van der Waals surface area contributed by atoms with E-state index in [1.165, 1.54) is 18.0 Å². The minimum atomic E-state index is -1.43. The monoisotopic (exact) mass is 248 g/mol. The van der Waals surface area contributed by atoms with Crippen LogP contribution < -0.4 is 5.19 Å². The third-order valence-corrected chi connectivity index (χ3v) is 8.85. The van der Waals surface area contributed by atoms with Gasteiger partial charge < -0.3 is 5.11 Å². The number of hydrogen-bond acceptors (Lipinski definition) is 1. The average molecular weight is 248 g/mol. The molecule has 2 atom stereocenters. The highest BCUT2D eigenvalue weighted by atomic mass is 28.3. The minimum Gasteiger partial charge on any atom is -0.390 e. The van der Waals surface area contributed by atoms with Crippen LogP contribution >= 0.6 is 0 Å². The van der Waals surface area contributed by atoms with Crippen LogP contribution in [0.3, 0.4) is 0 Å². The lowest BCUT2D eigenvalue weighted by Gasteiger charge is -2.41. The Morgan fingerprint density at radius 1 is 1.24 bits per heavy atom. The highest BCUT2D eigenvalue weighted by Gasteiger charge is 2.40. The van der Waals surface area contributed by atoms with Crippen molar-refractivity contribution in [2.75, 3.05) is 0 Å². The van der Waals surface area contributed by atoms with Crippen molar-refractivity contribution in [2.45, 2.75) is 56.8 Å². The van der Waals surface area contributed by atoms with Gasteiger partial charge in [-0.1, -0.05) is 61.5 Å². The van der Waals surface area contributed by atoms with E-state index in [0.29, 0.717) is 5.54 Å². The molecule has 0 spiro atoms. The Hall–Kier alpha value is -0.603. The Labute approximate surface area is 106 Å². The molecule has 1 aliphatic carbocycles. The smallest absolute Gasteiger partial charge is 0.0837 e. The molecule has 0 saturated heterocycles. The fourth-order valence-electron chi connectivity index (χ4n) is 3.18. The van der Waals surface area contributed by atoms with Gasteiger partial charge in [-0.05, 0) is 25.3 Å². The van der Waals surface area contributed by atoms with Crippen LogP contribution in [0.2, 0.25) is 18.6 Å². The molecule has 1 saturated carbocycles. The van der Waals surface area contributed by atoms with Gasteiger partial charge >= 0.3 is 0 Å². The molecular formula is C15H24OSi. The summed E-state index contributed by atoms with van der Waals surface area (Å²) < 4.78 is 0. The lowest BCUT2D eigenvalue weighted by molar-refractivity contribution is 0.0219. The Balaban J connectivity index is 2.21. The highest BCUT2D eigenvalue weighted by Crippen LogP contribution is 2.41. The molecular weight excluding hydrogens is 224 g/mol. The zero-order valence-electron chi connectivity index (χ0n) is 11.2. The third kappa shape index (κ3) is 2.80. The fraction of sp³-hybridized carbons (Fsp3) is 0.600. The number of aliphatic hydroxyl groups is 1. The van der Waals surface area contributed by atoms with Gasteiger partial charge in [0, 0.05) is 0 Å². The van der Waals surface area contributed by atoms with Crippen molar-refractivity contribution >= 4 is 13.3 Å². The van der Waals surface area contributed by atoms with Gasteiger partial charge in [0.1, 0.15) is 0 Å². The molecule has 1 aromatic rings. The van der Waals surface area contributed by atoms with Crippen LogP contribution in [0, 0.1) is 0 Å². The molecule has 0 aromatic heterocycles. The second-order valence-corrected chi connectivity index (χ2v) is 11.2. The first-order chi connectivity index (χ1) is 7.92. The van der Waals surface area contributed by atoms with E-state index < -0.39 is 13.7 Å². The van der Waals surface area contributed by atoms with Gasteiger partial charge in [-0.3, -0.25) is 0 Å². The van der Waals surface area contributed by atoms with E-state index in [4.69, 9.17) is 0 Å². The molecule has 2 rings (SSSR count). The normalized spacial score (nSPS) is 30.2. The lowest BCUT2D eigenvalue weighted by Crippen LogP contribution is -2.49. The van der Waals surface area contributed by atoms with Crippen LogP contribution in [-0.4, -0.2) is 18.8 Å². The van der Waals surface area contributed by atoms with Gasteiger partial charge in [0.2, 0.25) is 0 Å². The first-order valence-electron chi connectivity index (χ1n) is 6.70. The van der Waals surface area contributed by atoms with Gasteiger partial charge in [-0.15, -0.1) is 0 Å². The second kappa shape index (κ2) is 4.58. The standard InChI is InChI=1S/C15H24OSi/c1-15(16)11-7-10-14(12-15)17(2,3)13-8-5-4-6-9-13/h4-6,8-9,14,16H,7,10-12H2,1-3H3/t14-,15+/m1/s1. The zero-order chi connectivity index (χ0) is 12.5. The summed E-state index contributed by atoms with van der Waals surface area (Å²) in [6, 6.07) is 10.9. The van der Waals surface area contributed by atoms with Gasteiger partial charge in [-0.2, -0.15) is 0 Å². The molecule has 17 heavy (non-hydrogen) atoms. The molecule has 1 aliphatic rings. The molecule has 0 radical (unpaired) electrons. The van der Waals surface area contributed by atoms with Crippen LogP contribution in [0.4, 0.5) is 0 Å². The van der Waals surface area contributed by atoms with E-state index >= 15 is 0 Å². The maximum atomic E-state index is 10.3. The summed E-state index contributed by atoms with van der Waals surface area (Å²) in [5, 5.41) is 11.8. The van der Waals surface area contributed by atoms with Crippen molar-refractivity contribution < 1.29 is 5.11 Å². The summed E-state index contributed by atoms with van der Waals surface area (Å²) >= 11 is 0. The maximum Gasteiger partial charge on any atom is 0.0837 e. The average Bonchev–Trinajstić information content (AvgIpc) is 2.29. The molecule has 1 N–H and O–H groups in total. The predicted molar refractivity (Wildman–Crippen MR) is 76.4 cm³/mol. The topological polar surface area (TPSA) is 20.2 Å². The highest BCUT2D eigenvalue weighted by molar-refractivity contribution is 6.91. The van der Waals surface area contributed by atoms with Gasteiger partial charge in [0.15, 0.2) is 0 Å². The van der Waals surface area contributed by atoms with Crippen LogP contribution in [0.1, 0.15) is 32.6 Å². The number of hydrogen-bond donors (Lipinski definition) is 1. The Kier molecular flexibility index (Phi) is 3.46. The maximum absolute atomic E-state index is 10.3. The largest absolute Gasteiger partial charge is 0.390 e. The summed E-state index contributed by atoms with van der Waals surface area (Å²) in [7, 11) is -1.43. The fourth-order valence-corrected chi connectivity index (χ4v) is 6.58. The number of benzene rings is 1. The van der Waals surface area contributed by atoms with Crippen molar-refractivity contribution in [1.29, 1.82) is 0 Å². The molecule has 1 nitrogen and oxygen atoms in total. The summed E-state index contributed by atoms with van der Waals surface area (Å²) in [6.07, 6.45) is 4.44. The lowest BCUT2D eigenvalue weighted by atomic mass is 9.86. The first kappa shape index (κ1) is 12.8. The van der Waals surface area contributed by atoms with E-state index in [0.717, 1.165) is 12.8 Å². The van der Waals surface area contributed by atoms with Crippen LogP contribution in [0.5, 0.6) is 0 Å². The predicted octanol–water partition coefficient (Wildman–Crippen LogP) is 3.30. The minimum absolute atomic E-state index is 0.429. The molecule has 0 bridgehead atoms. The van der Waals surface area contributed by atoms with Gasteiger partial charge in [0.05, 0.1) is 13.7 Å². The third-order valence-electron chi connectivity index (χ3n) is 4.49. The van der Waals surface area contributed by atoms with Crippen molar-refractivity contribution in [3.8, 4) is 0 Å². The molecule has 0 unspecified atom stereocenters. The number of rotatable bonds is 2. The van der Waals surface area contributed by atoms with Crippen molar-refractivity contribution in [3.05, 3.63) is 30.3 Å². The molecule has 1 aromatic carbocycles. The van der Waals surface area contributed by atoms with Gasteiger partial charge in [0.25, 0.3) is 0 Å². The van der Waals surface area contributed by atoms with E-state index in [9.17, 15) is 5.11 Å². The zero-order valence-corrected chi connectivity index (χ0v) is 12.2. The summed E-state index contributed by atoms with van der Waals surface area (Å²) in [6.45, 7) is 6.91. The first-order valence-corrected chi connectivity index (χ1v) is 9.77. The van der Waals surface area contributed by atoms with E-state index in [1.807, 2.05) is 6.92 Å². The molecule has 1 fully saturated rings. The van der Waals surface area contributed by atoms with Gasteiger partial charge in [-0.25, -0.2) is 0 Å². The summed E-state index contributed by atoms with van der Waals surface area (Å²) in [5.74, 6) is 0. The molecule has 2 heteroatoms. The van der Waals surface area contributed by atoms with Crippen molar-refractivity contribution in [3.63, 3.8) is 0 Å². The van der Waals surface area contributed by atoms with Crippen molar-refractivity contribution in [1.82, 2.24) is 0 Å². The Bertz CT molecular complexity index is 370. The van der Waals surface area contributed by atoms with Crippen LogP contribution in [0.15, 0.2) is 30.3 Å². The second-order valence-electron chi connectivity index (χ2n) is 6.38. The Morgan fingerprint density at radius 2 is 1.88 bits per heavy atom. The van der Waals surface area contributed by atoms with E-state index in [1.54, 1.807) is 0 Å². The molecule has 0 aliphatic heterocycles. The van der Waals surface area contributed by atoms with Crippen molar-refractivity contribution in [2.24, 2.45) is 0 Å². The van der Waals surface area contributed by atoms with E-state index in [2.05, 4.69) is 43.4 Å². The van der Waals surface area contributed by atoms with E-state index in [-0.39, 0.29) is 0 Å². The summed E-state index contributed by atoms with van der Waals surface area (Å²) in [5.41, 5.74) is 0.288. The molecule has 0 amide bonds. The summed E-state index contributed by atoms with van der Waals surface area (Å²) in [4.78, 5) is 0.